The maximum Gasteiger partial charge on any atom is 0.312 e. The van der Waals surface area contributed by atoms with E-state index >= 15 is 0 Å². The van der Waals surface area contributed by atoms with Crippen LogP contribution in [0.25, 0.3) is 11.1 Å². The third-order valence-electron chi connectivity index (χ3n) is 4.07. The number of nitrogens with zero attached hydrogens (tertiary/aromatic N) is 1. The summed E-state index contributed by atoms with van der Waals surface area (Å²) < 4.78 is 0. The molecule has 1 aromatic heterocycles. The van der Waals surface area contributed by atoms with Gasteiger partial charge in [-0.3, -0.25) is 4.90 Å². The number of thiophene rings is 1. The van der Waals surface area contributed by atoms with Crippen LogP contribution in [0.15, 0.2) is 41.8 Å². The van der Waals surface area contributed by atoms with Crippen LogP contribution in [0.1, 0.15) is 17.7 Å². The van der Waals surface area contributed by atoms with Crippen molar-refractivity contribution in [2.45, 2.75) is 25.4 Å². The van der Waals surface area contributed by atoms with Gasteiger partial charge in [0.1, 0.15) is 0 Å². The molecule has 1 aliphatic rings. The third-order valence-corrected chi connectivity index (χ3v) is 5.00. The number of carbonyl (C=O) groups is 1. The Morgan fingerprint density at radius 2 is 1.95 bits per heavy atom. The van der Waals surface area contributed by atoms with Crippen molar-refractivity contribution in [1.82, 2.24) is 10.2 Å². The van der Waals surface area contributed by atoms with Gasteiger partial charge in [-0.05, 0) is 35.4 Å². The van der Waals surface area contributed by atoms with Gasteiger partial charge in [-0.1, -0.05) is 30.3 Å². The lowest BCUT2D eigenvalue weighted by Gasteiger charge is -2.31. The first-order valence-electron chi connectivity index (χ1n) is 7.62. The molecule has 2 heterocycles. The van der Waals surface area contributed by atoms with E-state index in [9.17, 15) is 4.79 Å². The molecule has 0 atom stereocenters. The zero-order valence-electron chi connectivity index (χ0n) is 12.5. The number of amides is 2. The molecule has 0 radical (unpaired) electrons. The maximum atomic E-state index is 10.9. The highest BCUT2D eigenvalue weighted by atomic mass is 32.1. The Morgan fingerprint density at radius 3 is 2.64 bits per heavy atom. The van der Waals surface area contributed by atoms with E-state index in [1.807, 2.05) is 17.4 Å². The van der Waals surface area contributed by atoms with E-state index in [0.29, 0.717) is 0 Å². The molecule has 1 saturated heterocycles. The van der Waals surface area contributed by atoms with Crippen molar-refractivity contribution in [3.05, 3.63) is 46.7 Å². The predicted octanol–water partition coefficient (Wildman–Crippen LogP) is 3.05. The number of urea groups is 1. The van der Waals surface area contributed by atoms with Crippen molar-refractivity contribution >= 4 is 17.4 Å². The van der Waals surface area contributed by atoms with E-state index < -0.39 is 6.03 Å². The second kappa shape index (κ2) is 6.94. The van der Waals surface area contributed by atoms with Gasteiger partial charge in [-0.15, -0.1) is 11.3 Å². The maximum absolute atomic E-state index is 10.9. The molecule has 22 heavy (non-hydrogen) atoms. The van der Waals surface area contributed by atoms with Gasteiger partial charge in [0, 0.05) is 30.6 Å². The molecule has 2 amide bonds. The summed E-state index contributed by atoms with van der Waals surface area (Å²) >= 11 is 1.82. The summed E-state index contributed by atoms with van der Waals surface area (Å²) in [5.74, 6) is 0. The molecule has 3 N–H and O–H groups in total. The normalized spacial score (nSPS) is 16.5. The number of likely N-dealkylation sites (tertiary alicyclic amines) is 1. The van der Waals surface area contributed by atoms with Crippen molar-refractivity contribution in [1.29, 1.82) is 0 Å². The number of carbonyl (C=O) groups excluding carboxylic acids is 1. The standard InChI is InChI=1S/C17H21N3OS/c18-17(21)19-15-6-8-20(9-7-15)11-16-10-14(12-22-16)13-4-2-1-3-5-13/h1-5,10,12,15H,6-9,11H2,(H3,18,19,21). The van der Waals surface area contributed by atoms with Crippen LogP contribution in [0, 0.1) is 0 Å². The van der Waals surface area contributed by atoms with E-state index in [0.717, 1.165) is 32.5 Å². The van der Waals surface area contributed by atoms with Crippen LogP contribution in [0.5, 0.6) is 0 Å². The molecule has 116 valence electrons. The Labute approximate surface area is 134 Å². The molecule has 1 aliphatic heterocycles. The summed E-state index contributed by atoms with van der Waals surface area (Å²) in [7, 11) is 0. The fraction of sp³-hybridized carbons (Fsp3) is 0.353. The van der Waals surface area contributed by atoms with Gasteiger partial charge in [0.2, 0.25) is 0 Å². The number of piperidine rings is 1. The second-order valence-electron chi connectivity index (χ2n) is 5.73. The molecule has 0 unspecified atom stereocenters. The van der Waals surface area contributed by atoms with Crippen molar-refractivity contribution in [2.75, 3.05) is 13.1 Å². The summed E-state index contributed by atoms with van der Waals surface area (Å²) in [4.78, 5) is 14.7. The van der Waals surface area contributed by atoms with Gasteiger partial charge in [0.25, 0.3) is 0 Å². The van der Waals surface area contributed by atoms with Crippen LogP contribution in [0.4, 0.5) is 4.79 Å². The first kappa shape index (κ1) is 15.1. The minimum Gasteiger partial charge on any atom is -0.352 e. The first-order chi connectivity index (χ1) is 10.7. The summed E-state index contributed by atoms with van der Waals surface area (Å²) in [5, 5.41) is 5.03. The molecule has 1 fully saturated rings. The quantitative estimate of drug-likeness (QED) is 0.911. The largest absolute Gasteiger partial charge is 0.352 e. The smallest absolute Gasteiger partial charge is 0.312 e. The van der Waals surface area contributed by atoms with Crippen LogP contribution in [0.2, 0.25) is 0 Å². The van der Waals surface area contributed by atoms with Gasteiger partial charge < -0.3 is 11.1 Å². The number of nitrogens with one attached hydrogen (secondary N) is 1. The zero-order valence-corrected chi connectivity index (χ0v) is 13.3. The molecule has 0 aliphatic carbocycles. The van der Waals surface area contributed by atoms with E-state index in [2.05, 4.69) is 45.9 Å². The molecule has 2 aromatic rings. The lowest BCUT2D eigenvalue weighted by atomic mass is 10.0. The average molecular weight is 315 g/mol. The fourth-order valence-electron chi connectivity index (χ4n) is 2.90. The van der Waals surface area contributed by atoms with Crippen molar-refractivity contribution < 1.29 is 4.79 Å². The number of nitrogens with two attached hydrogens (primary N) is 1. The topological polar surface area (TPSA) is 58.4 Å². The first-order valence-corrected chi connectivity index (χ1v) is 8.50. The summed E-state index contributed by atoms with van der Waals surface area (Å²) in [6.45, 7) is 2.99. The zero-order chi connectivity index (χ0) is 15.4. The minimum atomic E-state index is -0.413. The SMILES string of the molecule is NC(=O)NC1CCN(Cc2cc(-c3ccccc3)cs2)CC1. The molecule has 1 aromatic carbocycles. The highest BCUT2D eigenvalue weighted by Gasteiger charge is 2.20. The fourth-order valence-corrected chi connectivity index (χ4v) is 3.84. The second-order valence-corrected chi connectivity index (χ2v) is 6.72. The Morgan fingerprint density at radius 1 is 1.23 bits per heavy atom. The highest BCUT2D eigenvalue weighted by molar-refractivity contribution is 7.10. The lowest BCUT2D eigenvalue weighted by Crippen LogP contribution is -2.46. The Hall–Kier alpha value is -1.85. The van der Waals surface area contributed by atoms with Crippen LogP contribution in [0.3, 0.4) is 0 Å². The Kier molecular flexibility index (Phi) is 4.75. The number of benzene rings is 1. The van der Waals surface area contributed by atoms with Gasteiger partial charge >= 0.3 is 6.03 Å². The molecular weight excluding hydrogens is 294 g/mol. The molecule has 0 bridgehead atoms. The molecule has 4 nitrogen and oxygen atoms in total. The predicted molar refractivity (Wildman–Crippen MR) is 90.8 cm³/mol. The van der Waals surface area contributed by atoms with Gasteiger partial charge in [0.05, 0.1) is 0 Å². The molecule has 3 rings (SSSR count). The lowest BCUT2D eigenvalue weighted by molar-refractivity contribution is 0.190. The molecule has 5 heteroatoms. The van der Waals surface area contributed by atoms with Gasteiger partial charge in [-0.2, -0.15) is 0 Å². The van der Waals surface area contributed by atoms with E-state index in [4.69, 9.17) is 5.73 Å². The van der Waals surface area contributed by atoms with Crippen LogP contribution >= 0.6 is 11.3 Å². The third kappa shape index (κ3) is 3.87. The number of hydrogen-bond donors (Lipinski definition) is 2. The van der Waals surface area contributed by atoms with Crippen molar-refractivity contribution in [2.24, 2.45) is 5.73 Å². The number of primary amides is 1. The van der Waals surface area contributed by atoms with Gasteiger partial charge in [0.15, 0.2) is 0 Å². The van der Waals surface area contributed by atoms with Crippen molar-refractivity contribution in [3.8, 4) is 11.1 Å². The van der Waals surface area contributed by atoms with Gasteiger partial charge in [-0.25, -0.2) is 4.79 Å². The minimum absolute atomic E-state index is 0.233. The van der Waals surface area contributed by atoms with Crippen LogP contribution in [-0.4, -0.2) is 30.1 Å². The highest BCUT2D eigenvalue weighted by Crippen LogP contribution is 2.27. The van der Waals surface area contributed by atoms with E-state index in [-0.39, 0.29) is 6.04 Å². The Bertz CT molecular complexity index is 618. The van der Waals surface area contributed by atoms with E-state index in [1.165, 1.54) is 16.0 Å². The van der Waals surface area contributed by atoms with Crippen LogP contribution in [-0.2, 0) is 6.54 Å². The molecular formula is C17H21N3OS. The Balaban J connectivity index is 1.55. The molecule has 0 spiro atoms. The average Bonchev–Trinajstić information content (AvgIpc) is 2.98. The molecule has 0 saturated carbocycles. The summed E-state index contributed by atoms with van der Waals surface area (Å²) in [5.41, 5.74) is 7.75. The summed E-state index contributed by atoms with van der Waals surface area (Å²) in [6, 6.07) is 12.6. The summed E-state index contributed by atoms with van der Waals surface area (Å²) in [6.07, 6.45) is 1.94. The number of hydrogen-bond acceptors (Lipinski definition) is 3. The van der Waals surface area contributed by atoms with Crippen molar-refractivity contribution in [3.63, 3.8) is 0 Å². The number of rotatable bonds is 4. The monoisotopic (exact) mass is 315 g/mol. The van der Waals surface area contributed by atoms with E-state index in [1.54, 1.807) is 0 Å². The van der Waals surface area contributed by atoms with Crippen LogP contribution < -0.4 is 11.1 Å².